The second kappa shape index (κ2) is 7.93. The number of carbonyl (C=O) groups excluding carboxylic acids is 3. The fourth-order valence-corrected chi connectivity index (χ4v) is 7.16. The molecule has 0 aliphatic carbocycles. The second-order valence-electron chi connectivity index (χ2n) is 9.47. The minimum Gasteiger partial charge on any atom is -0.322 e. The topological polar surface area (TPSA) is 125 Å². The van der Waals surface area contributed by atoms with E-state index >= 15 is 0 Å². The van der Waals surface area contributed by atoms with Crippen LogP contribution in [0, 0.1) is 5.41 Å². The molecule has 1 spiro atoms. The van der Waals surface area contributed by atoms with Gasteiger partial charge >= 0.3 is 0 Å². The third-order valence-corrected chi connectivity index (χ3v) is 9.18. The average molecular weight is 461 g/mol. The van der Waals surface area contributed by atoms with Crippen molar-refractivity contribution in [2.75, 3.05) is 24.6 Å². The molecule has 10 heteroatoms. The predicted octanol–water partition coefficient (Wildman–Crippen LogP) is -0.296. The van der Waals surface area contributed by atoms with E-state index in [9.17, 15) is 22.8 Å². The molecular weight excluding hydrogens is 432 g/mol. The molecule has 3 N–H and O–H groups in total. The Labute approximate surface area is 187 Å². The summed E-state index contributed by atoms with van der Waals surface area (Å²) in [4.78, 5) is 38.2. The first-order chi connectivity index (χ1) is 15.3. The Balaban J connectivity index is 1.25. The minimum atomic E-state index is -2.92. The van der Waals surface area contributed by atoms with Gasteiger partial charge in [-0.3, -0.25) is 19.7 Å². The number of hydrogen-bond donors (Lipinski definition) is 3. The summed E-state index contributed by atoms with van der Waals surface area (Å²) in [6, 6.07) is 5.39. The summed E-state index contributed by atoms with van der Waals surface area (Å²) in [5.74, 6) is -0.378. The van der Waals surface area contributed by atoms with Crippen molar-refractivity contribution in [2.45, 2.75) is 50.9 Å². The van der Waals surface area contributed by atoms with E-state index < -0.39 is 21.8 Å². The summed E-state index contributed by atoms with van der Waals surface area (Å²) in [6.45, 7) is 2.58. The van der Waals surface area contributed by atoms with Crippen LogP contribution in [0.25, 0.3) is 0 Å². The molecule has 4 aliphatic rings. The number of imide groups is 1. The molecule has 4 aliphatic heterocycles. The third-order valence-electron chi connectivity index (χ3n) is 7.53. The number of sulfone groups is 1. The van der Waals surface area contributed by atoms with Crippen LogP contribution in [-0.2, 0) is 32.5 Å². The van der Waals surface area contributed by atoms with E-state index in [1.165, 1.54) is 0 Å². The van der Waals surface area contributed by atoms with Crippen molar-refractivity contribution in [1.82, 2.24) is 20.9 Å². The van der Waals surface area contributed by atoms with Gasteiger partial charge in [-0.1, -0.05) is 12.1 Å². The van der Waals surface area contributed by atoms with Gasteiger partial charge < -0.3 is 15.5 Å². The van der Waals surface area contributed by atoms with Gasteiger partial charge in [-0.15, -0.1) is 0 Å². The second-order valence-corrected chi connectivity index (χ2v) is 11.8. The van der Waals surface area contributed by atoms with Gasteiger partial charge in [-0.2, -0.15) is 0 Å². The molecule has 4 heterocycles. The summed E-state index contributed by atoms with van der Waals surface area (Å²) in [7, 11) is -2.92. The summed E-state index contributed by atoms with van der Waals surface area (Å²) < 4.78 is 23.7. The van der Waals surface area contributed by atoms with E-state index in [2.05, 4.69) is 16.0 Å². The standard InChI is InChI=1S/C22H28N4O5S/c27-19-4-3-17(20(28)25-19)26-12-15-2-1-14(9-16(15)21(26)29)10-24-18-11-23-13-22(18)5-7-32(30,31)8-6-22/h1-2,9,17-18,23-24H,3-8,10-13H2,(H,25,27,28). The molecule has 0 saturated carbocycles. The SMILES string of the molecule is O=C1CCC(N2Cc3ccc(CNC4CNCC45CCS(=O)(=O)CC5)cc3C2=O)C(=O)N1. The molecule has 2 atom stereocenters. The molecule has 1 aromatic rings. The van der Waals surface area contributed by atoms with Crippen LogP contribution in [-0.4, -0.2) is 67.7 Å². The maximum Gasteiger partial charge on any atom is 0.255 e. The highest BCUT2D eigenvalue weighted by Gasteiger charge is 2.46. The number of amides is 3. The van der Waals surface area contributed by atoms with Crippen LogP contribution in [0.15, 0.2) is 18.2 Å². The largest absolute Gasteiger partial charge is 0.322 e. The van der Waals surface area contributed by atoms with Crippen molar-refractivity contribution in [3.8, 4) is 0 Å². The smallest absolute Gasteiger partial charge is 0.255 e. The van der Waals surface area contributed by atoms with Crippen molar-refractivity contribution >= 4 is 27.6 Å². The predicted molar refractivity (Wildman–Crippen MR) is 116 cm³/mol. The van der Waals surface area contributed by atoms with E-state index in [4.69, 9.17) is 0 Å². The third kappa shape index (κ3) is 3.84. The van der Waals surface area contributed by atoms with Gasteiger partial charge in [0.2, 0.25) is 11.8 Å². The molecule has 32 heavy (non-hydrogen) atoms. The lowest BCUT2D eigenvalue weighted by atomic mass is 9.77. The Morgan fingerprint density at radius 1 is 1.16 bits per heavy atom. The number of hydrogen-bond acceptors (Lipinski definition) is 7. The van der Waals surface area contributed by atoms with E-state index in [0.29, 0.717) is 37.9 Å². The highest BCUT2D eigenvalue weighted by Crippen LogP contribution is 2.38. The number of rotatable bonds is 4. The van der Waals surface area contributed by atoms with E-state index in [0.717, 1.165) is 24.2 Å². The average Bonchev–Trinajstić information content (AvgIpc) is 3.30. The van der Waals surface area contributed by atoms with Crippen LogP contribution in [0.5, 0.6) is 0 Å². The molecule has 3 saturated heterocycles. The fourth-order valence-electron chi connectivity index (χ4n) is 5.52. The highest BCUT2D eigenvalue weighted by atomic mass is 32.2. The van der Waals surface area contributed by atoms with E-state index in [-0.39, 0.29) is 41.2 Å². The molecule has 0 aromatic heterocycles. The zero-order valence-corrected chi connectivity index (χ0v) is 18.7. The first-order valence-corrected chi connectivity index (χ1v) is 13.0. The van der Waals surface area contributed by atoms with Gasteiger partial charge in [0.1, 0.15) is 15.9 Å². The Morgan fingerprint density at radius 3 is 2.69 bits per heavy atom. The van der Waals surface area contributed by atoms with Crippen molar-refractivity contribution in [1.29, 1.82) is 0 Å². The number of nitrogens with zero attached hydrogens (tertiary/aromatic N) is 1. The van der Waals surface area contributed by atoms with Crippen LogP contribution in [0.3, 0.4) is 0 Å². The quantitative estimate of drug-likeness (QED) is 0.527. The number of fused-ring (bicyclic) bond motifs is 1. The Morgan fingerprint density at radius 2 is 1.94 bits per heavy atom. The summed E-state index contributed by atoms with van der Waals surface area (Å²) >= 11 is 0. The van der Waals surface area contributed by atoms with E-state index in [1.807, 2.05) is 18.2 Å². The van der Waals surface area contributed by atoms with Crippen molar-refractivity contribution in [2.24, 2.45) is 5.41 Å². The molecule has 0 bridgehead atoms. The molecule has 2 unspecified atom stereocenters. The molecule has 3 fully saturated rings. The minimum absolute atomic E-state index is 0.0412. The lowest BCUT2D eigenvalue weighted by molar-refractivity contribution is -0.136. The van der Waals surface area contributed by atoms with Crippen LogP contribution in [0.4, 0.5) is 0 Å². The number of benzene rings is 1. The maximum atomic E-state index is 13.0. The molecular formula is C22H28N4O5S. The Hall–Kier alpha value is -2.30. The number of carbonyl (C=O) groups is 3. The van der Waals surface area contributed by atoms with Crippen molar-refractivity contribution in [3.05, 3.63) is 34.9 Å². The van der Waals surface area contributed by atoms with Gasteiger partial charge in [0.25, 0.3) is 5.91 Å². The molecule has 1 aromatic carbocycles. The summed E-state index contributed by atoms with van der Waals surface area (Å²) in [5, 5.41) is 9.33. The van der Waals surface area contributed by atoms with Gasteiger partial charge in [-0.25, -0.2) is 8.42 Å². The lowest BCUT2D eigenvalue weighted by Gasteiger charge is -2.38. The molecule has 172 valence electrons. The first-order valence-electron chi connectivity index (χ1n) is 11.2. The summed E-state index contributed by atoms with van der Waals surface area (Å²) in [5.41, 5.74) is 2.44. The van der Waals surface area contributed by atoms with Crippen molar-refractivity contribution in [3.63, 3.8) is 0 Å². The monoisotopic (exact) mass is 460 g/mol. The first kappa shape index (κ1) is 21.5. The van der Waals surface area contributed by atoms with Gasteiger partial charge in [0.15, 0.2) is 0 Å². The zero-order chi connectivity index (χ0) is 22.5. The normalized spacial score (nSPS) is 28.8. The van der Waals surface area contributed by atoms with Crippen LogP contribution in [0.2, 0.25) is 0 Å². The number of nitrogens with one attached hydrogen (secondary N) is 3. The van der Waals surface area contributed by atoms with Gasteiger partial charge in [0.05, 0.1) is 11.5 Å². The fraction of sp³-hybridized carbons (Fsp3) is 0.591. The Bertz CT molecular complexity index is 1070. The van der Waals surface area contributed by atoms with Crippen LogP contribution >= 0.6 is 0 Å². The Kier molecular flexibility index (Phi) is 5.34. The lowest BCUT2D eigenvalue weighted by Crippen LogP contribution is -2.52. The van der Waals surface area contributed by atoms with Crippen LogP contribution in [0.1, 0.15) is 47.2 Å². The summed E-state index contributed by atoms with van der Waals surface area (Å²) in [6.07, 6.45) is 1.93. The van der Waals surface area contributed by atoms with Gasteiger partial charge in [0, 0.05) is 49.6 Å². The zero-order valence-electron chi connectivity index (χ0n) is 17.9. The number of piperidine rings is 1. The van der Waals surface area contributed by atoms with E-state index in [1.54, 1.807) is 4.90 Å². The molecule has 9 nitrogen and oxygen atoms in total. The highest BCUT2D eigenvalue weighted by molar-refractivity contribution is 7.91. The molecule has 3 amide bonds. The maximum absolute atomic E-state index is 13.0. The van der Waals surface area contributed by atoms with Crippen molar-refractivity contribution < 1.29 is 22.8 Å². The molecule has 5 rings (SSSR count). The molecule has 0 radical (unpaired) electrons. The van der Waals surface area contributed by atoms with Crippen LogP contribution < -0.4 is 16.0 Å². The van der Waals surface area contributed by atoms with Gasteiger partial charge in [-0.05, 0) is 36.5 Å².